The topological polar surface area (TPSA) is 54.0 Å². The van der Waals surface area contributed by atoms with E-state index in [1.807, 2.05) is 29.8 Å². The SMILES string of the molecule is CCc1cc(C(=O)Nc2ccsc2)cc(NC)n1. The van der Waals surface area contributed by atoms with Crippen molar-refractivity contribution in [3.8, 4) is 0 Å². The molecule has 2 aromatic heterocycles. The molecule has 0 fully saturated rings. The number of hydrogen-bond donors (Lipinski definition) is 2. The fraction of sp³-hybridized carbons (Fsp3) is 0.231. The van der Waals surface area contributed by atoms with Crippen LogP contribution in [0.4, 0.5) is 11.5 Å². The summed E-state index contributed by atoms with van der Waals surface area (Å²) in [5.41, 5.74) is 2.35. The first kappa shape index (κ1) is 12.6. The first-order valence-corrected chi connectivity index (χ1v) is 6.69. The monoisotopic (exact) mass is 261 g/mol. The summed E-state index contributed by atoms with van der Waals surface area (Å²) in [7, 11) is 1.79. The maximum absolute atomic E-state index is 12.1. The normalized spacial score (nSPS) is 10.1. The standard InChI is InChI=1S/C13H15N3OS/c1-3-10-6-9(7-12(14-2)15-10)13(17)16-11-4-5-18-8-11/h4-8H,3H2,1-2H3,(H,14,15)(H,16,17). The van der Waals surface area contributed by atoms with Crippen molar-refractivity contribution in [3.05, 3.63) is 40.2 Å². The molecular formula is C13H15N3OS. The Morgan fingerprint density at radius 1 is 1.44 bits per heavy atom. The summed E-state index contributed by atoms with van der Waals surface area (Å²) in [6.07, 6.45) is 0.800. The number of hydrogen-bond acceptors (Lipinski definition) is 4. The Morgan fingerprint density at radius 2 is 2.28 bits per heavy atom. The lowest BCUT2D eigenvalue weighted by Gasteiger charge is -2.07. The highest BCUT2D eigenvalue weighted by Gasteiger charge is 2.09. The summed E-state index contributed by atoms with van der Waals surface area (Å²) >= 11 is 1.55. The van der Waals surface area contributed by atoms with Gasteiger partial charge >= 0.3 is 0 Å². The van der Waals surface area contributed by atoms with Crippen LogP contribution >= 0.6 is 11.3 Å². The van der Waals surface area contributed by atoms with E-state index in [4.69, 9.17) is 0 Å². The van der Waals surface area contributed by atoms with E-state index in [2.05, 4.69) is 15.6 Å². The lowest BCUT2D eigenvalue weighted by molar-refractivity contribution is 0.102. The van der Waals surface area contributed by atoms with E-state index < -0.39 is 0 Å². The van der Waals surface area contributed by atoms with Gasteiger partial charge in [0.25, 0.3) is 5.91 Å². The molecule has 18 heavy (non-hydrogen) atoms. The number of carbonyl (C=O) groups is 1. The van der Waals surface area contributed by atoms with Crippen LogP contribution in [0.3, 0.4) is 0 Å². The van der Waals surface area contributed by atoms with Crippen LogP contribution in [0.15, 0.2) is 29.0 Å². The number of thiophene rings is 1. The van der Waals surface area contributed by atoms with Gasteiger partial charge in [-0.1, -0.05) is 6.92 Å². The van der Waals surface area contributed by atoms with Crippen LogP contribution in [-0.2, 0) is 6.42 Å². The summed E-state index contributed by atoms with van der Waals surface area (Å²) in [5.74, 6) is 0.604. The third-order valence-corrected chi connectivity index (χ3v) is 3.22. The first-order chi connectivity index (χ1) is 8.72. The van der Waals surface area contributed by atoms with Crippen molar-refractivity contribution < 1.29 is 4.79 Å². The summed E-state index contributed by atoms with van der Waals surface area (Å²) in [5, 5.41) is 9.65. The summed E-state index contributed by atoms with van der Waals surface area (Å²) < 4.78 is 0. The van der Waals surface area contributed by atoms with Gasteiger partial charge in [-0.2, -0.15) is 11.3 Å². The maximum Gasteiger partial charge on any atom is 0.255 e. The molecule has 0 aliphatic carbocycles. The number of pyridine rings is 1. The Hall–Kier alpha value is -1.88. The molecule has 2 heterocycles. The van der Waals surface area contributed by atoms with Crippen molar-refractivity contribution in [3.63, 3.8) is 0 Å². The number of rotatable bonds is 4. The second-order valence-corrected chi connectivity index (χ2v) is 4.58. The quantitative estimate of drug-likeness (QED) is 0.889. The number of nitrogens with one attached hydrogen (secondary N) is 2. The molecule has 0 saturated heterocycles. The summed E-state index contributed by atoms with van der Waals surface area (Å²) in [6, 6.07) is 5.45. The predicted octanol–water partition coefficient (Wildman–Crippen LogP) is 3.00. The molecule has 0 aliphatic rings. The minimum atomic E-state index is -0.109. The van der Waals surface area contributed by atoms with Crippen molar-refractivity contribution in [2.24, 2.45) is 0 Å². The van der Waals surface area contributed by atoms with Crippen molar-refractivity contribution in [2.75, 3.05) is 17.7 Å². The largest absolute Gasteiger partial charge is 0.373 e. The molecule has 5 heteroatoms. The Kier molecular flexibility index (Phi) is 3.94. The Bertz CT molecular complexity index is 515. The third kappa shape index (κ3) is 2.87. The minimum absolute atomic E-state index is 0.109. The highest BCUT2D eigenvalue weighted by atomic mass is 32.1. The fourth-order valence-electron chi connectivity index (χ4n) is 1.57. The molecule has 2 rings (SSSR count). The minimum Gasteiger partial charge on any atom is -0.373 e. The van der Waals surface area contributed by atoms with Gasteiger partial charge < -0.3 is 10.6 Å². The Morgan fingerprint density at radius 3 is 2.89 bits per heavy atom. The maximum atomic E-state index is 12.1. The van der Waals surface area contributed by atoms with Gasteiger partial charge in [0.2, 0.25) is 0 Å². The van der Waals surface area contributed by atoms with Crippen LogP contribution in [0.2, 0.25) is 0 Å². The van der Waals surface area contributed by atoms with Crippen molar-refractivity contribution in [1.29, 1.82) is 0 Å². The molecule has 2 N–H and O–H groups in total. The van der Waals surface area contributed by atoms with E-state index in [-0.39, 0.29) is 5.91 Å². The van der Waals surface area contributed by atoms with Crippen molar-refractivity contribution in [2.45, 2.75) is 13.3 Å². The van der Waals surface area contributed by atoms with Gasteiger partial charge in [-0.05, 0) is 30.0 Å². The van der Waals surface area contributed by atoms with Gasteiger partial charge in [0, 0.05) is 23.7 Å². The Balaban J connectivity index is 2.23. The molecule has 4 nitrogen and oxygen atoms in total. The van der Waals surface area contributed by atoms with E-state index in [0.29, 0.717) is 11.4 Å². The molecule has 0 saturated carbocycles. The average Bonchev–Trinajstić information content (AvgIpc) is 2.90. The zero-order chi connectivity index (χ0) is 13.0. The summed E-state index contributed by atoms with van der Waals surface area (Å²) in [6.45, 7) is 2.02. The van der Waals surface area contributed by atoms with Crippen LogP contribution in [0.25, 0.3) is 0 Å². The first-order valence-electron chi connectivity index (χ1n) is 5.75. The van der Waals surface area contributed by atoms with Crippen molar-refractivity contribution in [1.82, 2.24) is 4.98 Å². The molecule has 0 unspecified atom stereocenters. The third-order valence-electron chi connectivity index (χ3n) is 2.54. The van der Waals surface area contributed by atoms with E-state index in [0.717, 1.165) is 17.8 Å². The smallest absolute Gasteiger partial charge is 0.255 e. The fourth-order valence-corrected chi connectivity index (χ4v) is 2.15. The molecule has 0 atom stereocenters. The lowest BCUT2D eigenvalue weighted by Crippen LogP contribution is -2.13. The highest BCUT2D eigenvalue weighted by Crippen LogP contribution is 2.16. The second kappa shape index (κ2) is 5.64. The molecule has 0 bridgehead atoms. The molecule has 1 amide bonds. The van der Waals surface area contributed by atoms with E-state index >= 15 is 0 Å². The van der Waals surface area contributed by atoms with E-state index in [1.165, 1.54) is 0 Å². The van der Waals surface area contributed by atoms with Crippen LogP contribution in [-0.4, -0.2) is 17.9 Å². The lowest BCUT2D eigenvalue weighted by atomic mass is 10.2. The molecule has 0 spiro atoms. The van der Waals surface area contributed by atoms with E-state index in [9.17, 15) is 4.79 Å². The van der Waals surface area contributed by atoms with Crippen LogP contribution in [0, 0.1) is 0 Å². The molecule has 0 aromatic carbocycles. The highest BCUT2D eigenvalue weighted by molar-refractivity contribution is 7.08. The van der Waals surface area contributed by atoms with Gasteiger partial charge in [0.15, 0.2) is 0 Å². The molecule has 0 radical (unpaired) electrons. The number of aromatic nitrogens is 1. The number of nitrogens with zero attached hydrogens (tertiary/aromatic N) is 1. The van der Waals surface area contributed by atoms with Gasteiger partial charge in [-0.15, -0.1) is 0 Å². The molecule has 0 aliphatic heterocycles. The predicted molar refractivity (Wildman–Crippen MR) is 75.4 cm³/mol. The second-order valence-electron chi connectivity index (χ2n) is 3.80. The Labute approximate surface area is 110 Å². The number of carbonyl (C=O) groups excluding carboxylic acids is 1. The van der Waals surface area contributed by atoms with E-state index in [1.54, 1.807) is 24.5 Å². The van der Waals surface area contributed by atoms with Crippen LogP contribution < -0.4 is 10.6 Å². The van der Waals surface area contributed by atoms with Gasteiger partial charge in [0.1, 0.15) is 5.82 Å². The number of amides is 1. The summed E-state index contributed by atoms with van der Waals surface area (Å²) in [4.78, 5) is 16.4. The van der Waals surface area contributed by atoms with Crippen molar-refractivity contribution >= 4 is 28.7 Å². The average molecular weight is 261 g/mol. The zero-order valence-electron chi connectivity index (χ0n) is 10.4. The molecular weight excluding hydrogens is 246 g/mol. The van der Waals surface area contributed by atoms with Gasteiger partial charge in [0.05, 0.1) is 5.69 Å². The number of anilines is 2. The zero-order valence-corrected chi connectivity index (χ0v) is 11.2. The molecule has 94 valence electrons. The molecule has 2 aromatic rings. The van der Waals surface area contributed by atoms with Gasteiger partial charge in [-0.3, -0.25) is 4.79 Å². The number of aryl methyl sites for hydroxylation is 1. The van der Waals surface area contributed by atoms with Crippen LogP contribution in [0.5, 0.6) is 0 Å². The van der Waals surface area contributed by atoms with Gasteiger partial charge in [-0.25, -0.2) is 4.98 Å². The van der Waals surface area contributed by atoms with Crippen LogP contribution in [0.1, 0.15) is 23.0 Å².